The summed E-state index contributed by atoms with van der Waals surface area (Å²) in [5.41, 5.74) is 9.95. The topological polar surface area (TPSA) is 112 Å². The SMILES string of the molecule is Cc1nc(N)ncc1-c1cc(-c2ccccc2)c(C)c(S(N)(=O)=O)c1. The van der Waals surface area contributed by atoms with Gasteiger partial charge in [0.2, 0.25) is 16.0 Å². The second kappa shape index (κ2) is 6.27. The summed E-state index contributed by atoms with van der Waals surface area (Å²) in [5, 5.41) is 5.43. The van der Waals surface area contributed by atoms with E-state index in [1.807, 2.05) is 36.4 Å². The van der Waals surface area contributed by atoms with E-state index < -0.39 is 10.0 Å². The molecule has 7 heteroatoms. The molecule has 0 amide bonds. The van der Waals surface area contributed by atoms with E-state index in [1.54, 1.807) is 26.1 Å². The van der Waals surface area contributed by atoms with Crippen molar-refractivity contribution in [3.63, 3.8) is 0 Å². The molecule has 0 unspecified atom stereocenters. The minimum absolute atomic E-state index is 0.0834. The van der Waals surface area contributed by atoms with Crippen LogP contribution >= 0.6 is 0 Å². The zero-order valence-corrected chi connectivity index (χ0v) is 14.7. The van der Waals surface area contributed by atoms with E-state index in [0.29, 0.717) is 22.4 Å². The fourth-order valence-electron chi connectivity index (χ4n) is 2.82. The van der Waals surface area contributed by atoms with Crippen LogP contribution in [0.3, 0.4) is 0 Å². The maximum atomic E-state index is 12.1. The molecule has 128 valence electrons. The average Bonchev–Trinajstić information content (AvgIpc) is 2.55. The average molecular weight is 354 g/mol. The number of sulfonamides is 1. The number of nitrogens with two attached hydrogens (primary N) is 2. The van der Waals surface area contributed by atoms with Crippen molar-refractivity contribution in [2.45, 2.75) is 18.7 Å². The van der Waals surface area contributed by atoms with Gasteiger partial charge in [-0.25, -0.2) is 23.5 Å². The summed E-state index contributed by atoms with van der Waals surface area (Å²) >= 11 is 0. The van der Waals surface area contributed by atoms with E-state index >= 15 is 0 Å². The third-order valence-electron chi connectivity index (χ3n) is 4.06. The van der Waals surface area contributed by atoms with Crippen LogP contribution in [0.25, 0.3) is 22.3 Å². The van der Waals surface area contributed by atoms with Crippen LogP contribution in [-0.4, -0.2) is 18.4 Å². The van der Waals surface area contributed by atoms with Gasteiger partial charge in [0.05, 0.1) is 10.6 Å². The highest BCUT2D eigenvalue weighted by Crippen LogP contribution is 2.34. The van der Waals surface area contributed by atoms with Gasteiger partial charge in [-0.2, -0.15) is 0 Å². The van der Waals surface area contributed by atoms with Crippen molar-refractivity contribution in [1.82, 2.24) is 9.97 Å². The van der Waals surface area contributed by atoms with Gasteiger partial charge in [0, 0.05) is 11.8 Å². The van der Waals surface area contributed by atoms with E-state index in [0.717, 1.165) is 11.1 Å². The summed E-state index contributed by atoms with van der Waals surface area (Å²) < 4.78 is 24.2. The zero-order chi connectivity index (χ0) is 18.2. The fraction of sp³-hybridized carbons (Fsp3) is 0.111. The predicted molar refractivity (Wildman–Crippen MR) is 98.2 cm³/mol. The molecule has 0 aliphatic heterocycles. The van der Waals surface area contributed by atoms with Gasteiger partial charge >= 0.3 is 0 Å². The van der Waals surface area contributed by atoms with Crippen LogP contribution in [0.5, 0.6) is 0 Å². The van der Waals surface area contributed by atoms with E-state index in [1.165, 1.54) is 0 Å². The molecule has 0 fully saturated rings. The molecule has 0 atom stereocenters. The lowest BCUT2D eigenvalue weighted by molar-refractivity contribution is 0.597. The molecule has 0 saturated carbocycles. The van der Waals surface area contributed by atoms with Crippen LogP contribution < -0.4 is 10.9 Å². The second-order valence-electron chi connectivity index (χ2n) is 5.79. The number of rotatable bonds is 3. The molecule has 3 rings (SSSR count). The maximum Gasteiger partial charge on any atom is 0.238 e. The van der Waals surface area contributed by atoms with Crippen LogP contribution in [0.4, 0.5) is 5.95 Å². The number of aryl methyl sites for hydroxylation is 1. The summed E-state index contributed by atoms with van der Waals surface area (Å²) in [6, 6.07) is 13.0. The van der Waals surface area contributed by atoms with Crippen molar-refractivity contribution >= 4 is 16.0 Å². The first-order chi connectivity index (χ1) is 11.8. The van der Waals surface area contributed by atoms with E-state index in [-0.39, 0.29) is 10.8 Å². The smallest absolute Gasteiger partial charge is 0.238 e. The fourth-order valence-corrected chi connectivity index (χ4v) is 3.65. The minimum Gasteiger partial charge on any atom is -0.368 e. The Hall–Kier alpha value is -2.77. The molecule has 0 bridgehead atoms. The lowest BCUT2D eigenvalue weighted by Gasteiger charge is -2.15. The van der Waals surface area contributed by atoms with Crippen LogP contribution in [0.1, 0.15) is 11.3 Å². The van der Waals surface area contributed by atoms with Gasteiger partial charge in [0.15, 0.2) is 0 Å². The molecule has 2 aromatic carbocycles. The first-order valence-corrected chi connectivity index (χ1v) is 9.14. The number of aromatic nitrogens is 2. The number of primary sulfonamides is 1. The van der Waals surface area contributed by atoms with Crippen LogP contribution in [0.2, 0.25) is 0 Å². The van der Waals surface area contributed by atoms with Crippen LogP contribution in [0, 0.1) is 13.8 Å². The molecule has 0 spiro atoms. The van der Waals surface area contributed by atoms with Gasteiger partial charge in [-0.3, -0.25) is 0 Å². The largest absolute Gasteiger partial charge is 0.368 e. The first-order valence-electron chi connectivity index (χ1n) is 7.59. The highest BCUT2D eigenvalue weighted by atomic mass is 32.2. The third kappa shape index (κ3) is 3.38. The van der Waals surface area contributed by atoms with Crippen LogP contribution in [-0.2, 0) is 10.0 Å². The summed E-state index contributed by atoms with van der Waals surface area (Å²) in [6.45, 7) is 3.55. The number of nitrogens with zero attached hydrogens (tertiary/aromatic N) is 2. The molecule has 0 aliphatic rings. The van der Waals surface area contributed by atoms with E-state index in [9.17, 15) is 8.42 Å². The van der Waals surface area contributed by atoms with Gasteiger partial charge in [0.1, 0.15) is 0 Å². The summed E-state index contributed by atoms with van der Waals surface area (Å²) in [6.07, 6.45) is 1.59. The standard InChI is InChI=1S/C18H18N4O2S/c1-11-15(13-6-4-3-5-7-13)8-14(9-17(11)25(20,23)24)16-10-21-18(19)22-12(16)2/h3-10H,1-2H3,(H2,19,21,22)(H2,20,23,24). The second-order valence-corrected chi connectivity index (χ2v) is 7.32. The lowest BCUT2D eigenvalue weighted by Crippen LogP contribution is -2.14. The van der Waals surface area contributed by atoms with Gasteiger partial charge in [0.25, 0.3) is 0 Å². The molecule has 0 aliphatic carbocycles. The molecule has 1 aromatic heterocycles. The normalized spacial score (nSPS) is 11.5. The summed E-state index contributed by atoms with van der Waals surface area (Å²) in [5.74, 6) is 0.170. The van der Waals surface area contributed by atoms with Crippen LogP contribution in [0.15, 0.2) is 53.6 Å². The molecular formula is C18H18N4O2S. The Morgan fingerprint density at radius 2 is 1.64 bits per heavy atom. The molecule has 0 radical (unpaired) electrons. The number of nitrogen functional groups attached to an aromatic ring is 1. The number of hydrogen-bond acceptors (Lipinski definition) is 5. The van der Waals surface area contributed by atoms with E-state index in [2.05, 4.69) is 9.97 Å². The van der Waals surface area contributed by atoms with Gasteiger partial charge in [-0.15, -0.1) is 0 Å². The Morgan fingerprint density at radius 1 is 0.960 bits per heavy atom. The van der Waals surface area contributed by atoms with Gasteiger partial charge < -0.3 is 5.73 Å². The molecule has 0 saturated heterocycles. The van der Waals surface area contributed by atoms with Crippen molar-refractivity contribution in [2.75, 3.05) is 5.73 Å². The summed E-state index contributed by atoms with van der Waals surface area (Å²) in [4.78, 5) is 8.25. The van der Waals surface area contributed by atoms with Crippen molar-refractivity contribution in [3.05, 3.63) is 59.9 Å². The van der Waals surface area contributed by atoms with E-state index in [4.69, 9.17) is 10.9 Å². The lowest BCUT2D eigenvalue weighted by atomic mass is 9.95. The molecule has 3 aromatic rings. The summed E-state index contributed by atoms with van der Waals surface area (Å²) in [7, 11) is -3.88. The number of benzene rings is 2. The molecule has 1 heterocycles. The Kier molecular flexibility index (Phi) is 4.28. The van der Waals surface area contributed by atoms with Crippen molar-refractivity contribution in [2.24, 2.45) is 5.14 Å². The Labute approximate surface area is 146 Å². The molecule has 25 heavy (non-hydrogen) atoms. The highest BCUT2D eigenvalue weighted by molar-refractivity contribution is 7.89. The number of anilines is 1. The number of hydrogen-bond donors (Lipinski definition) is 2. The minimum atomic E-state index is -3.88. The van der Waals surface area contributed by atoms with Gasteiger partial charge in [-0.05, 0) is 48.2 Å². The molecular weight excluding hydrogens is 336 g/mol. The predicted octanol–water partition coefficient (Wildman–Crippen LogP) is 2.66. The monoisotopic (exact) mass is 354 g/mol. The zero-order valence-electron chi connectivity index (χ0n) is 13.9. The molecule has 6 nitrogen and oxygen atoms in total. The van der Waals surface area contributed by atoms with Gasteiger partial charge in [-0.1, -0.05) is 30.3 Å². The van der Waals surface area contributed by atoms with Crippen molar-refractivity contribution in [1.29, 1.82) is 0 Å². The highest BCUT2D eigenvalue weighted by Gasteiger charge is 2.18. The maximum absolute atomic E-state index is 12.1. The van der Waals surface area contributed by atoms with Crippen molar-refractivity contribution in [3.8, 4) is 22.3 Å². The molecule has 4 N–H and O–H groups in total. The quantitative estimate of drug-likeness (QED) is 0.751. The Bertz CT molecular complexity index is 1050. The Morgan fingerprint density at radius 3 is 2.24 bits per heavy atom. The third-order valence-corrected chi connectivity index (χ3v) is 5.10. The first kappa shape index (κ1) is 17.1. The van der Waals surface area contributed by atoms with Crippen molar-refractivity contribution < 1.29 is 8.42 Å². The Balaban J connectivity index is 2.34.